The summed E-state index contributed by atoms with van der Waals surface area (Å²) in [5, 5.41) is 0. The summed E-state index contributed by atoms with van der Waals surface area (Å²) in [6.45, 7) is -0.0645. The molecule has 1 aromatic rings. The van der Waals surface area contributed by atoms with Crippen molar-refractivity contribution >= 4 is 26.0 Å². The van der Waals surface area contributed by atoms with Crippen molar-refractivity contribution in [2.75, 3.05) is 0 Å². The van der Waals surface area contributed by atoms with Crippen LogP contribution < -0.4 is 10.5 Å². The Morgan fingerprint density at radius 2 is 2.19 bits per heavy atom. The lowest BCUT2D eigenvalue weighted by molar-refractivity contribution is 0.0996. The molecule has 0 aliphatic carbocycles. The second-order valence-electron chi connectivity index (χ2n) is 5.42. The van der Waals surface area contributed by atoms with Crippen molar-refractivity contribution in [3.05, 3.63) is 28.0 Å². The number of ether oxygens (including phenoxy) is 1. The molecular weight excluding hydrogens is 363 g/mol. The standard InChI is InChI=1S/C13H16BrFN2O3S/c14-8-3-7(6-16)13(15)12(4-8)21(18,19)17-10-5-9-1-2-11(10)20-9/h3-4,9-11,17H,1-2,5-6,16H2. The summed E-state index contributed by atoms with van der Waals surface area (Å²) < 4.78 is 47.8. The number of nitrogens with two attached hydrogens (primary N) is 1. The second kappa shape index (κ2) is 5.58. The Morgan fingerprint density at radius 1 is 1.43 bits per heavy atom. The van der Waals surface area contributed by atoms with E-state index in [1.165, 1.54) is 12.1 Å². The minimum atomic E-state index is -3.94. The van der Waals surface area contributed by atoms with Gasteiger partial charge < -0.3 is 10.5 Å². The van der Waals surface area contributed by atoms with Crippen LogP contribution in [0.3, 0.4) is 0 Å². The maximum absolute atomic E-state index is 14.3. The van der Waals surface area contributed by atoms with Crippen molar-refractivity contribution in [2.24, 2.45) is 5.73 Å². The fraction of sp³-hybridized carbons (Fsp3) is 0.538. The van der Waals surface area contributed by atoms with Gasteiger partial charge in [-0.3, -0.25) is 0 Å². The first kappa shape index (κ1) is 15.4. The molecule has 0 aromatic heterocycles. The van der Waals surface area contributed by atoms with Crippen molar-refractivity contribution in [1.82, 2.24) is 4.72 Å². The Balaban J connectivity index is 1.90. The predicted molar refractivity (Wildman–Crippen MR) is 78.6 cm³/mol. The van der Waals surface area contributed by atoms with Crippen LogP contribution >= 0.6 is 15.9 Å². The highest BCUT2D eigenvalue weighted by Crippen LogP contribution is 2.35. The molecule has 116 valence electrons. The lowest BCUT2D eigenvalue weighted by atomic mass is 9.96. The van der Waals surface area contributed by atoms with E-state index in [1.54, 1.807) is 0 Å². The molecule has 0 saturated carbocycles. The summed E-state index contributed by atoms with van der Waals surface area (Å²) in [6.07, 6.45) is 2.46. The zero-order valence-corrected chi connectivity index (χ0v) is 13.6. The van der Waals surface area contributed by atoms with Gasteiger partial charge in [0.1, 0.15) is 10.7 Å². The fourth-order valence-corrected chi connectivity index (χ4v) is 5.07. The number of sulfonamides is 1. The maximum atomic E-state index is 14.3. The average Bonchev–Trinajstić information content (AvgIpc) is 3.02. The largest absolute Gasteiger partial charge is 0.373 e. The molecule has 3 unspecified atom stereocenters. The van der Waals surface area contributed by atoms with Gasteiger partial charge >= 0.3 is 0 Å². The Bertz CT molecular complexity index is 668. The van der Waals surface area contributed by atoms with Gasteiger partial charge in [-0.2, -0.15) is 0 Å². The van der Waals surface area contributed by atoms with E-state index in [1.807, 2.05) is 0 Å². The number of nitrogens with one attached hydrogen (secondary N) is 1. The maximum Gasteiger partial charge on any atom is 0.243 e. The molecule has 2 aliphatic rings. The van der Waals surface area contributed by atoms with E-state index in [2.05, 4.69) is 20.7 Å². The zero-order valence-electron chi connectivity index (χ0n) is 11.2. The molecule has 2 aliphatic heterocycles. The van der Waals surface area contributed by atoms with E-state index in [4.69, 9.17) is 10.5 Å². The molecule has 3 N–H and O–H groups in total. The van der Waals surface area contributed by atoms with Crippen LogP contribution in [0.5, 0.6) is 0 Å². The summed E-state index contributed by atoms with van der Waals surface area (Å²) in [5.41, 5.74) is 5.61. The smallest absolute Gasteiger partial charge is 0.243 e. The summed E-state index contributed by atoms with van der Waals surface area (Å²) in [5.74, 6) is -0.794. The monoisotopic (exact) mass is 378 g/mol. The molecule has 2 saturated heterocycles. The third-order valence-electron chi connectivity index (χ3n) is 4.00. The molecule has 2 bridgehead atoms. The molecule has 0 spiro atoms. The molecular formula is C13H16BrFN2O3S. The zero-order chi connectivity index (χ0) is 15.2. The van der Waals surface area contributed by atoms with E-state index in [9.17, 15) is 12.8 Å². The average molecular weight is 379 g/mol. The topological polar surface area (TPSA) is 81.4 Å². The fourth-order valence-electron chi connectivity index (χ4n) is 2.99. The minimum Gasteiger partial charge on any atom is -0.373 e. The van der Waals surface area contributed by atoms with Gasteiger partial charge in [0.25, 0.3) is 0 Å². The third kappa shape index (κ3) is 2.87. The van der Waals surface area contributed by atoms with Crippen molar-refractivity contribution < 1.29 is 17.5 Å². The van der Waals surface area contributed by atoms with E-state index in [-0.39, 0.29) is 35.3 Å². The number of hydrogen-bond donors (Lipinski definition) is 2. The Morgan fingerprint density at radius 3 is 2.76 bits per heavy atom. The van der Waals surface area contributed by atoms with Crippen LogP contribution in [0.1, 0.15) is 24.8 Å². The molecule has 1 aromatic carbocycles. The molecule has 0 radical (unpaired) electrons. The van der Waals surface area contributed by atoms with Crippen molar-refractivity contribution in [2.45, 2.75) is 49.0 Å². The molecule has 3 atom stereocenters. The highest BCUT2D eigenvalue weighted by Gasteiger charge is 2.43. The van der Waals surface area contributed by atoms with Gasteiger partial charge in [0.2, 0.25) is 10.0 Å². The quantitative estimate of drug-likeness (QED) is 0.834. The number of benzene rings is 1. The van der Waals surface area contributed by atoms with Gasteiger partial charge in [-0.15, -0.1) is 0 Å². The Hall–Kier alpha value is -0.540. The number of hydrogen-bond acceptors (Lipinski definition) is 4. The second-order valence-corrected chi connectivity index (χ2v) is 8.02. The third-order valence-corrected chi connectivity index (χ3v) is 5.95. The van der Waals surface area contributed by atoms with Crippen LogP contribution in [-0.2, 0) is 21.3 Å². The molecule has 2 fully saturated rings. The van der Waals surface area contributed by atoms with Gasteiger partial charge in [0.15, 0.2) is 0 Å². The first-order valence-electron chi connectivity index (χ1n) is 6.76. The van der Waals surface area contributed by atoms with Crippen molar-refractivity contribution in [3.63, 3.8) is 0 Å². The lowest BCUT2D eigenvalue weighted by Crippen LogP contribution is -2.41. The Kier molecular flexibility index (Phi) is 4.08. The van der Waals surface area contributed by atoms with Gasteiger partial charge in [0, 0.05) is 16.6 Å². The van der Waals surface area contributed by atoms with Crippen LogP contribution in [0.25, 0.3) is 0 Å². The summed E-state index contributed by atoms with van der Waals surface area (Å²) in [4.78, 5) is -0.375. The highest BCUT2D eigenvalue weighted by atomic mass is 79.9. The molecule has 2 heterocycles. The van der Waals surface area contributed by atoms with Crippen LogP contribution in [0.2, 0.25) is 0 Å². The Labute approximate surface area is 131 Å². The van der Waals surface area contributed by atoms with Gasteiger partial charge in [-0.05, 0) is 31.4 Å². The number of halogens is 2. The molecule has 5 nitrogen and oxygen atoms in total. The first-order valence-corrected chi connectivity index (χ1v) is 9.04. The summed E-state index contributed by atoms with van der Waals surface area (Å²) >= 11 is 3.19. The van der Waals surface area contributed by atoms with Gasteiger partial charge in [0.05, 0.1) is 18.2 Å². The van der Waals surface area contributed by atoms with E-state index in [0.29, 0.717) is 10.9 Å². The van der Waals surface area contributed by atoms with Crippen LogP contribution in [0.15, 0.2) is 21.5 Å². The number of fused-ring (bicyclic) bond motifs is 2. The van der Waals surface area contributed by atoms with Crippen LogP contribution in [-0.4, -0.2) is 26.7 Å². The minimum absolute atomic E-state index is 0.0645. The van der Waals surface area contributed by atoms with Gasteiger partial charge in [-0.25, -0.2) is 17.5 Å². The number of rotatable bonds is 4. The van der Waals surface area contributed by atoms with E-state index in [0.717, 1.165) is 12.8 Å². The highest BCUT2D eigenvalue weighted by molar-refractivity contribution is 9.10. The van der Waals surface area contributed by atoms with Crippen LogP contribution in [0.4, 0.5) is 4.39 Å². The van der Waals surface area contributed by atoms with E-state index >= 15 is 0 Å². The molecule has 8 heteroatoms. The SMILES string of the molecule is NCc1cc(Br)cc(S(=O)(=O)NC2CC3CCC2O3)c1F. The summed E-state index contributed by atoms with van der Waals surface area (Å²) in [7, 11) is -3.94. The molecule has 21 heavy (non-hydrogen) atoms. The van der Waals surface area contributed by atoms with Crippen LogP contribution in [0, 0.1) is 5.82 Å². The van der Waals surface area contributed by atoms with E-state index < -0.39 is 15.8 Å². The van der Waals surface area contributed by atoms with Gasteiger partial charge in [-0.1, -0.05) is 15.9 Å². The predicted octanol–water partition coefficient (Wildman–Crippen LogP) is 1.65. The molecule has 3 rings (SSSR count). The normalized spacial score (nSPS) is 28.2. The lowest BCUT2D eigenvalue weighted by Gasteiger charge is -2.20. The summed E-state index contributed by atoms with van der Waals surface area (Å²) in [6, 6.07) is 2.45. The first-order chi connectivity index (χ1) is 9.90. The molecule has 0 amide bonds. The van der Waals surface area contributed by atoms with Crippen molar-refractivity contribution in [1.29, 1.82) is 0 Å². The van der Waals surface area contributed by atoms with Crippen molar-refractivity contribution in [3.8, 4) is 0 Å².